The summed E-state index contributed by atoms with van der Waals surface area (Å²) < 4.78 is 39.0. The molecule has 0 fully saturated rings. The highest BCUT2D eigenvalue weighted by Crippen LogP contribution is 2.35. The van der Waals surface area contributed by atoms with Gasteiger partial charge in [-0.3, -0.25) is 9.89 Å². The van der Waals surface area contributed by atoms with E-state index in [0.717, 1.165) is 6.07 Å². The van der Waals surface area contributed by atoms with Gasteiger partial charge in [-0.15, -0.1) is 0 Å². The van der Waals surface area contributed by atoms with Crippen LogP contribution in [0, 0.1) is 6.92 Å². The molecule has 0 spiro atoms. The predicted octanol–water partition coefficient (Wildman–Crippen LogP) is 2.94. The lowest BCUT2D eigenvalue weighted by Crippen LogP contribution is -2.25. The van der Waals surface area contributed by atoms with E-state index in [2.05, 4.69) is 20.5 Å². The topological polar surface area (TPSA) is 70.7 Å². The van der Waals surface area contributed by atoms with Crippen molar-refractivity contribution in [3.05, 3.63) is 47.0 Å². The molecule has 0 saturated heterocycles. The number of rotatable bonds is 5. The average Bonchev–Trinajstić information content (AvgIpc) is 2.90. The number of benzene rings is 1. The van der Waals surface area contributed by atoms with Crippen molar-refractivity contribution in [3.8, 4) is 0 Å². The van der Waals surface area contributed by atoms with Gasteiger partial charge < -0.3 is 5.32 Å². The van der Waals surface area contributed by atoms with E-state index in [0.29, 0.717) is 11.6 Å². The molecule has 0 saturated carbocycles. The lowest BCUT2D eigenvalue weighted by molar-refractivity contribution is -0.138. The van der Waals surface area contributed by atoms with Crippen molar-refractivity contribution in [2.45, 2.75) is 38.9 Å². The molecule has 2 N–H and O–H groups in total. The van der Waals surface area contributed by atoms with Gasteiger partial charge in [0, 0.05) is 6.42 Å². The Hall–Kier alpha value is -2.38. The molecular formula is C15H17F3N4O. The van der Waals surface area contributed by atoms with E-state index in [9.17, 15) is 18.0 Å². The fourth-order valence-electron chi connectivity index (χ4n) is 2.29. The third-order valence-corrected chi connectivity index (χ3v) is 3.38. The normalized spacial score (nSPS) is 12.9. The highest BCUT2D eigenvalue weighted by molar-refractivity contribution is 5.76. The number of hydrogen-bond acceptors (Lipinski definition) is 3. The molecule has 8 heteroatoms. The molecule has 0 radical (unpaired) electrons. The predicted molar refractivity (Wildman–Crippen MR) is 77.4 cm³/mol. The molecule has 124 valence electrons. The number of carbonyl (C=O) groups excluding carboxylic acids is 1. The number of aryl methyl sites for hydroxylation is 1. The Kier molecular flexibility index (Phi) is 5.02. The van der Waals surface area contributed by atoms with Gasteiger partial charge in [-0.2, -0.15) is 18.3 Å². The van der Waals surface area contributed by atoms with Crippen LogP contribution < -0.4 is 5.32 Å². The fourth-order valence-corrected chi connectivity index (χ4v) is 2.29. The maximum absolute atomic E-state index is 13.0. The molecule has 2 aromatic rings. The number of alkyl halides is 3. The number of nitrogens with one attached hydrogen (secondary N) is 2. The van der Waals surface area contributed by atoms with Gasteiger partial charge in [0.1, 0.15) is 5.82 Å². The molecule has 1 heterocycles. The van der Waals surface area contributed by atoms with Crippen molar-refractivity contribution < 1.29 is 18.0 Å². The number of amides is 1. The van der Waals surface area contributed by atoms with Crippen molar-refractivity contribution in [2.24, 2.45) is 0 Å². The van der Waals surface area contributed by atoms with Gasteiger partial charge in [-0.05, 0) is 24.5 Å². The molecule has 5 nitrogen and oxygen atoms in total. The Bertz CT molecular complexity index is 681. The fraction of sp³-hybridized carbons (Fsp3) is 0.400. The van der Waals surface area contributed by atoms with E-state index >= 15 is 0 Å². The first-order valence-corrected chi connectivity index (χ1v) is 7.08. The quantitative estimate of drug-likeness (QED) is 0.887. The Morgan fingerprint density at radius 3 is 2.65 bits per heavy atom. The van der Waals surface area contributed by atoms with Crippen molar-refractivity contribution in [1.82, 2.24) is 20.5 Å². The van der Waals surface area contributed by atoms with Gasteiger partial charge >= 0.3 is 6.18 Å². The van der Waals surface area contributed by atoms with Crippen LogP contribution in [-0.4, -0.2) is 21.1 Å². The van der Waals surface area contributed by atoms with Crippen LogP contribution >= 0.6 is 0 Å². The summed E-state index contributed by atoms with van der Waals surface area (Å²) in [5.41, 5.74) is -0.589. The molecule has 0 aliphatic carbocycles. The van der Waals surface area contributed by atoms with E-state index in [1.807, 2.05) is 0 Å². The Morgan fingerprint density at radius 2 is 2.04 bits per heavy atom. The van der Waals surface area contributed by atoms with E-state index < -0.39 is 17.7 Å². The van der Waals surface area contributed by atoms with Crippen LogP contribution in [0.5, 0.6) is 0 Å². The van der Waals surface area contributed by atoms with Gasteiger partial charge in [-0.25, -0.2) is 4.98 Å². The second kappa shape index (κ2) is 6.80. The van der Waals surface area contributed by atoms with Crippen LogP contribution in [0.15, 0.2) is 24.3 Å². The SMILES string of the molecule is Cc1nc(CNC(=O)C[C@H](C)c2ccccc2C(F)(F)F)n[nH]1. The highest BCUT2D eigenvalue weighted by Gasteiger charge is 2.34. The van der Waals surface area contributed by atoms with Gasteiger partial charge in [0.15, 0.2) is 5.82 Å². The Balaban J connectivity index is 1.99. The Morgan fingerprint density at radius 1 is 1.35 bits per heavy atom. The summed E-state index contributed by atoms with van der Waals surface area (Å²) in [5, 5.41) is 9.12. The zero-order valence-electron chi connectivity index (χ0n) is 12.7. The summed E-state index contributed by atoms with van der Waals surface area (Å²) in [4.78, 5) is 15.9. The highest BCUT2D eigenvalue weighted by atomic mass is 19.4. The van der Waals surface area contributed by atoms with Gasteiger partial charge in [-0.1, -0.05) is 25.1 Å². The summed E-state index contributed by atoms with van der Waals surface area (Å²) in [6.45, 7) is 3.46. The molecule has 1 aromatic carbocycles. The minimum atomic E-state index is -4.43. The maximum atomic E-state index is 13.0. The third-order valence-electron chi connectivity index (χ3n) is 3.38. The van der Waals surface area contributed by atoms with E-state index in [1.165, 1.54) is 18.2 Å². The van der Waals surface area contributed by atoms with Crippen molar-refractivity contribution in [3.63, 3.8) is 0 Å². The molecule has 1 atom stereocenters. The number of aromatic nitrogens is 3. The van der Waals surface area contributed by atoms with Gasteiger partial charge in [0.2, 0.25) is 5.91 Å². The first-order chi connectivity index (χ1) is 10.8. The number of nitrogens with zero attached hydrogens (tertiary/aromatic N) is 2. The molecular weight excluding hydrogens is 309 g/mol. The zero-order valence-corrected chi connectivity index (χ0v) is 12.7. The lowest BCUT2D eigenvalue weighted by atomic mass is 9.92. The van der Waals surface area contributed by atoms with Crippen LogP contribution in [0.4, 0.5) is 13.2 Å². The second-order valence-corrected chi connectivity index (χ2v) is 5.30. The third kappa shape index (κ3) is 4.54. The molecule has 0 unspecified atom stereocenters. The largest absolute Gasteiger partial charge is 0.416 e. The summed E-state index contributed by atoms with van der Waals surface area (Å²) >= 11 is 0. The summed E-state index contributed by atoms with van der Waals surface area (Å²) in [7, 11) is 0. The average molecular weight is 326 g/mol. The van der Waals surface area contributed by atoms with E-state index in [-0.39, 0.29) is 24.4 Å². The van der Waals surface area contributed by atoms with Crippen LogP contribution in [0.25, 0.3) is 0 Å². The van der Waals surface area contributed by atoms with Gasteiger partial charge in [0.05, 0.1) is 12.1 Å². The molecule has 0 aliphatic heterocycles. The van der Waals surface area contributed by atoms with Crippen molar-refractivity contribution in [2.75, 3.05) is 0 Å². The number of aromatic amines is 1. The first-order valence-electron chi connectivity index (χ1n) is 7.08. The minimum Gasteiger partial charge on any atom is -0.349 e. The van der Waals surface area contributed by atoms with E-state index in [4.69, 9.17) is 0 Å². The number of H-pyrrole nitrogens is 1. The van der Waals surface area contributed by atoms with Crippen LogP contribution in [-0.2, 0) is 17.5 Å². The van der Waals surface area contributed by atoms with Gasteiger partial charge in [0.25, 0.3) is 0 Å². The standard InChI is InChI=1S/C15H17F3N4O/c1-9(11-5-3-4-6-12(11)15(16,17)18)7-14(23)19-8-13-20-10(2)21-22-13/h3-6,9H,7-8H2,1-2H3,(H,19,23)(H,20,21,22)/t9-/m0/s1. The monoisotopic (exact) mass is 326 g/mol. The number of halogens is 3. The molecule has 2 rings (SSSR count). The van der Waals surface area contributed by atoms with Crippen LogP contribution in [0.1, 0.15) is 42.0 Å². The van der Waals surface area contributed by atoms with Crippen molar-refractivity contribution in [1.29, 1.82) is 0 Å². The van der Waals surface area contributed by atoms with Crippen LogP contribution in [0.3, 0.4) is 0 Å². The summed E-state index contributed by atoms with van der Waals surface area (Å²) in [6.07, 6.45) is -4.48. The Labute approximate surface area is 131 Å². The number of hydrogen-bond donors (Lipinski definition) is 2. The molecule has 1 amide bonds. The van der Waals surface area contributed by atoms with Crippen molar-refractivity contribution >= 4 is 5.91 Å². The second-order valence-electron chi connectivity index (χ2n) is 5.30. The first kappa shape index (κ1) is 17.0. The smallest absolute Gasteiger partial charge is 0.349 e. The van der Waals surface area contributed by atoms with E-state index in [1.54, 1.807) is 13.8 Å². The molecule has 1 aromatic heterocycles. The number of carbonyl (C=O) groups is 1. The summed E-state index contributed by atoms with van der Waals surface area (Å²) in [5.74, 6) is 0.152. The molecule has 0 bridgehead atoms. The zero-order chi connectivity index (χ0) is 17.0. The van der Waals surface area contributed by atoms with Crippen LogP contribution in [0.2, 0.25) is 0 Å². The molecule has 0 aliphatic rings. The molecule has 23 heavy (non-hydrogen) atoms. The lowest BCUT2D eigenvalue weighted by Gasteiger charge is -2.17. The minimum absolute atomic E-state index is 0.0451. The maximum Gasteiger partial charge on any atom is 0.416 e. The summed E-state index contributed by atoms with van der Waals surface area (Å²) in [6, 6.07) is 5.31.